The maximum absolute atomic E-state index is 4.44. The highest BCUT2D eigenvalue weighted by atomic mass is 32.1. The summed E-state index contributed by atoms with van der Waals surface area (Å²) >= 11 is 6.03. The van der Waals surface area contributed by atoms with Crippen LogP contribution in [0.25, 0.3) is 0 Å². The molecule has 0 aliphatic carbocycles. The zero-order valence-electron chi connectivity index (χ0n) is 9.02. The van der Waals surface area contributed by atoms with Crippen molar-refractivity contribution in [3.63, 3.8) is 0 Å². The summed E-state index contributed by atoms with van der Waals surface area (Å²) in [7, 11) is 0. The van der Waals surface area contributed by atoms with Gasteiger partial charge in [-0.15, -0.1) is 11.3 Å². The first-order valence-electron chi connectivity index (χ1n) is 5.36. The van der Waals surface area contributed by atoms with Gasteiger partial charge in [-0.1, -0.05) is 6.92 Å². The third-order valence-corrected chi connectivity index (χ3v) is 4.40. The number of aromatic nitrogens is 1. The largest absolute Gasteiger partial charge is 0.346 e. The van der Waals surface area contributed by atoms with E-state index in [0.717, 1.165) is 43.6 Å². The van der Waals surface area contributed by atoms with Gasteiger partial charge in [-0.3, -0.25) is 0 Å². The molecule has 2 rings (SSSR count). The van der Waals surface area contributed by atoms with Crippen LogP contribution in [0.1, 0.15) is 11.8 Å². The van der Waals surface area contributed by atoms with E-state index in [0.29, 0.717) is 0 Å². The van der Waals surface area contributed by atoms with Gasteiger partial charge in [0.1, 0.15) is 0 Å². The van der Waals surface area contributed by atoms with Crippen LogP contribution in [-0.4, -0.2) is 42.6 Å². The zero-order chi connectivity index (χ0) is 10.7. The molecule has 1 aliphatic rings. The third-order valence-electron chi connectivity index (χ3n) is 2.79. The van der Waals surface area contributed by atoms with Gasteiger partial charge in [-0.25, -0.2) is 4.98 Å². The molecule has 1 fully saturated rings. The van der Waals surface area contributed by atoms with E-state index in [1.54, 1.807) is 11.3 Å². The Kier molecular flexibility index (Phi) is 3.88. The first-order chi connectivity index (χ1) is 7.33. The quantitative estimate of drug-likeness (QED) is 0.816. The molecule has 1 aromatic rings. The van der Waals surface area contributed by atoms with Crippen molar-refractivity contribution in [3.8, 4) is 0 Å². The minimum absolute atomic E-state index is 0.798. The molecule has 0 unspecified atom stereocenters. The molecule has 15 heavy (non-hydrogen) atoms. The first-order valence-corrected chi connectivity index (χ1v) is 6.81. The van der Waals surface area contributed by atoms with Gasteiger partial charge in [0.15, 0.2) is 5.13 Å². The molecule has 3 nitrogen and oxygen atoms in total. The lowest BCUT2D eigenvalue weighted by atomic mass is 10.3. The second-order valence-electron chi connectivity index (χ2n) is 3.69. The highest BCUT2D eigenvalue weighted by Crippen LogP contribution is 2.24. The van der Waals surface area contributed by atoms with E-state index in [4.69, 9.17) is 0 Å². The summed E-state index contributed by atoms with van der Waals surface area (Å²) in [6.45, 7) is 7.91. The Balaban J connectivity index is 1.95. The van der Waals surface area contributed by atoms with E-state index in [9.17, 15) is 0 Å². The Morgan fingerprint density at radius 1 is 1.40 bits per heavy atom. The number of piperazine rings is 1. The lowest BCUT2D eigenvalue weighted by Gasteiger charge is -2.33. The summed E-state index contributed by atoms with van der Waals surface area (Å²) in [6, 6.07) is 0. The van der Waals surface area contributed by atoms with Crippen molar-refractivity contribution in [2.24, 2.45) is 0 Å². The van der Waals surface area contributed by atoms with E-state index < -0.39 is 0 Å². The van der Waals surface area contributed by atoms with Gasteiger partial charge in [-0.05, 0) is 6.54 Å². The van der Waals surface area contributed by atoms with Crippen LogP contribution in [0, 0.1) is 0 Å². The van der Waals surface area contributed by atoms with Crippen molar-refractivity contribution >= 4 is 29.1 Å². The monoisotopic (exact) mass is 243 g/mol. The second kappa shape index (κ2) is 5.18. The highest BCUT2D eigenvalue weighted by molar-refractivity contribution is 7.79. The number of anilines is 1. The number of thiazole rings is 1. The number of rotatable bonds is 3. The Hall–Kier alpha value is -0.260. The smallest absolute Gasteiger partial charge is 0.185 e. The molecule has 2 heterocycles. The lowest BCUT2D eigenvalue weighted by Crippen LogP contribution is -2.46. The van der Waals surface area contributed by atoms with E-state index in [-0.39, 0.29) is 0 Å². The SMILES string of the molecule is CCN1CCN(c2ncc(CS)s2)CC1. The van der Waals surface area contributed by atoms with Gasteiger partial charge < -0.3 is 9.80 Å². The van der Waals surface area contributed by atoms with E-state index >= 15 is 0 Å². The van der Waals surface area contributed by atoms with Gasteiger partial charge in [0, 0.05) is 43.0 Å². The van der Waals surface area contributed by atoms with Crippen molar-refractivity contribution in [2.75, 3.05) is 37.6 Å². The second-order valence-corrected chi connectivity index (χ2v) is 5.10. The summed E-state index contributed by atoms with van der Waals surface area (Å²) < 4.78 is 0. The summed E-state index contributed by atoms with van der Waals surface area (Å²) in [6.07, 6.45) is 1.94. The van der Waals surface area contributed by atoms with Crippen molar-refractivity contribution in [1.29, 1.82) is 0 Å². The van der Waals surface area contributed by atoms with E-state index in [1.807, 2.05) is 6.20 Å². The fraction of sp³-hybridized carbons (Fsp3) is 0.700. The van der Waals surface area contributed by atoms with Gasteiger partial charge in [0.2, 0.25) is 0 Å². The normalized spacial score (nSPS) is 18.4. The van der Waals surface area contributed by atoms with Gasteiger partial charge in [0.05, 0.1) is 0 Å². The van der Waals surface area contributed by atoms with Crippen molar-refractivity contribution in [2.45, 2.75) is 12.7 Å². The van der Waals surface area contributed by atoms with Crippen LogP contribution in [0.2, 0.25) is 0 Å². The number of likely N-dealkylation sites (N-methyl/N-ethyl adjacent to an activating group) is 1. The minimum atomic E-state index is 0.798. The summed E-state index contributed by atoms with van der Waals surface area (Å²) in [4.78, 5) is 10.5. The van der Waals surface area contributed by atoms with E-state index in [1.165, 1.54) is 4.88 Å². The van der Waals surface area contributed by atoms with Crippen LogP contribution in [0.3, 0.4) is 0 Å². The molecule has 0 atom stereocenters. The molecule has 0 aromatic carbocycles. The molecule has 0 bridgehead atoms. The number of hydrogen-bond donors (Lipinski definition) is 1. The maximum Gasteiger partial charge on any atom is 0.185 e. The molecule has 84 valence electrons. The average molecular weight is 243 g/mol. The Labute approximate surface area is 101 Å². The van der Waals surface area contributed by atoms with Crippen LogP contribution in [0.15, 0.2) is 6.20 Å². The standard InChI is InChI=1S/C10H17N3S2/c1-2-12-3-5-13(6-4-12)10-11-7-9(8-14)15-10/h7,14H,2-6,8H2,1H3. The topological polar surface area (TPSA) is 19.4 Å². The first kappa shape index (κ1) is 11.2. The van der Waals surface area contributed by atoms with Crippen LogP contribution in [0.5, 0.6) is 0 Å². The predicted octanol–water partition coefficient (Wildman–Crippen LogP) is 1.71. The molecular weight excluding hydrogens is 226 g/mol. The lowest BCUT2D eigenvalue weighted by molar-refractivity contribution is 0.271. The molecule has 1 aromatic heterocycles. The maximum atomic E-state index is 4.44. The van der Waals surface area contributed by atoms with Gasteiger partial charge >= 0.3 is 0 Å². The molecule has 0 amide bonds. The molecule has 1 aliphatic heterocycles. The Morgan fingerprint density at radius 3 is 2.67 bits per heavy atom. The summed E-state index contributed by atoms with van der Waals surface area (Å²) in [5.41, 5.74) is 0. The Morgan fingerprint density at radius 2 is 2.13 bits per heavy atom. The molecule has 5 heteroatoms. The fourth-order valence-corrected chi connectivity index (χ4v) is 2.87. The van der Waals surface area contributed by atoms with Gasteiger partial charge in [-0.2, -0.15) is 12.6 Å². The van der Waals surface area contributed by atoms with Crippen LogP contribution >= 0.6 is 24.0 Å². The number of hydrogen-bond acceptors (Lipinski definition) is 5. The minimum Gasteiger partial charge on any atom is -0.346 e. The molecule has 1 saturated heterocycles. The van der Waals surface area contributed by atoms with Crippen molar-refractivity contribution in [1.82, 2.24) is 9.88 Å². The molecule has 0 spiro atoms. The van der Waals surface area contributed by atoms with Gasteiger partial charge in [0.25, 0.3) is 0 Å². The highest BCUT2D eigenvalue weighted by Gasteiger charge is 2.17. The third kappa shape index (κ3) is 2.65. The molecular formula is C10H17N3S2. The van der Waals surface area contributed by atoms with Crippen LogP contribution in [0.4, 0.5) is 5.13 Å². The fourth-order valence-electron chi connectivity index (χ4n) is 1.77. The molecule has 0 N–H and O–H groups in total. The van der Waals surface area contributed by atoms with E-state index in [2.05, 4.69) is 34.3 Å². The van der Waals surface area contributed by atoms with Crippen molar-refractivity contribution in [3.05, 3.63) is 11.1 Å². The summed E-state index contributed by atoms with van der Waals surface area (Å²) in [5.74, 6) is 0.798. The molecule has 0 saturated carbocycles. The molecule has 0 radical (unpaired) electrons. The van der Waals surface area contributed by atoms with Crippen LogP contribution < -0.4 is 4.90 Å². The zero-order valence-corrected chi connectivity index (χ0v) is 10.7. The average Bonchev–Trinajstić information content (AvgIpc) is 2.78. The number of nitrogens with zero attached hydrogens (tertiary/aromatic N) is 3. The van der Waals surface area contributed by atoms with Crippen LogP contribution in [-0.2, 0) is 5.75 Å². The van der Waals surface area contributed by atoms with Crippen molar-refractivity contribution < 1.29 is 0 Å². The Bertz CT molecular complexity index is 305. The number of thiol groups is 1. The summed E-state index contributed by atoms with van der Waals surface area (Å²) in [5, 5.41) is 1.16. The predicted molar refractivity (Wildman–Crippen MR) is 69.1 cm³/mol.